The van der Waals surface area contributed by atoms with E-state index >= 15 is 0 Å². The Bertz CT molecular complexity index is 900. The molecule has 2 heterocycles. The first-order chi connectivity index (χ1) is 11.9. The zero-order valence-corrected chi connectivity index (χ0v) is 13.5. The van der Waals surface area contributed by atoms with E-state index in [2.05, 4.69) is 9.97 Å². The SMILES string of the molecule is O=C(C=Cc1ccncc1)c1cnc(-c2ccc(C(F)(F)F)cc2)s1. The lowest BCUT2D eigenvalue weighted by atomic mass is 10.1. The van der Waals surface area contributed by atoms with Gasteiger partial charge in [0.25, 0.3) is 0 Å². The topological polar surface area (TPSA) is 42.9 Å². The van der Waals surface area contributed by atoms with E-state index in [4.69, 9.17) is 0 Å². The standard InChI is InChI=1S/C18H11F3N2OS/c19-18(20,21)14-4-2-13(3-5-14)17-23-11-16(25-17)15(24)6-1-12-7-9-22-10-8-12/h1-11H. The van der Waals surface area contributed by atoms with E-state index in [1.54, 1.807) is 30.6 Å². The van der Waals surface area contributed by atoms with Gasteiger partial charge in [0.05, 0.1) is 10.4 Å². The van der Waals surface area contributed by atoms with Crippen LogP contribution in [0.1, 0.15) is 20.8 Å². The minimum Gasteiger partial charge on any atom is -0.288 e. The van der Waals surface area contributed by atoms with Crippen molar-refractivity contribution >= 4 is 23.2 Å². The van der Waals surface area contributed by atoms with E-state index < -0.39 is 11.7 Å². The van der Waals surface area contributed by atoms with Gasteiger partial charge in [-0.25, -0.2) is 4.98 Å². The van der Waals surface area contributed by atoms with Gasteiger partial charge >= 0.3 is 6.18 Å². The van der Waals surface area contributed by atoms with Crippen LogP contribution >= 0.6 is 11.3 Å². The number of allylic oxidation sites excluding steroid dienone is 1. The molecule has 0 aliphatic carbocycles. The molecule has 0 aliphatic heterocycles. The lowest BCUT2D eigenvalue weighted by Gasteiger charge is -2.06. The van der Waals surface area contributed by atoms with Crippen LogP contribution in [0.25, 0.3) is 16.6 Å². The molecule has 7 heteroatoms. The Labute approximate surface area is 145 Å². The highest BCUT2D eigenvalue weighted by Crippen LogP contribution is 2.32. The highest BCUT2D eigenvalue weighted by molar-refractivity contribution is 7.17. The number of carbonyl (C=O) groups is 1. The van der Waals surface area contributed by atoms with E-state index in [1.807, 2.05) is 0 Å². The van der Waals surface area contributed by atoms with Crippen molar-refractivity contribution in [1.29, 1.82) is 0 Å². The first-order valence-corrected chi connectivity index (χ1v) is 8.01. The van der Waals surface area contributed by atoms with E-state index in [9.17, 15) is 18.0 Å². The predicted octanol–water partition coefficient (Wildman–Crippen LogP) is 5.12. The number of carbonyl (C=O) groups excluding carboxylic acids is 1. The maximum atomic E-state index is 12.6. The summed E-state index contributed by atoms with van der Waals surface area (Å²) >= 11 is 1.14. The highest BCUT2D eigenvalue weighted by atomic mass is 32.1. The van der Waals surface area contributed by atoms with Crippen molar-refractivity contribution in [3.8, 4) is 10.6 Å². The molecule has 0 saturated heterocycles. The molecule has 3 rings (SSSR count). The fourth-order valence-corrected chi connectivity index (χ4v) is 2.89. The summed E-state index contributed by atoms with van der Waals surface area (Å²) in [6.45, 7) is 0. The number of hydrogen-bond donors (Lipinski definition) is 0. The van der Waals surface area contributed by atoms with Crippen molar-refractivity contribution in [1.82, 2.24) is 9.97 Å². The molecule has 25 heavy (non-hydrogen) atoms. The molecule has 0 radical (unpaired) electrons. The van der Waals surface area contributed by atoms with Crippen molar-refractivity contribution < 1.29 is 18.0 Å². The van der Waals surface area contributed by atoms with Crippen molar-refractivity contribution in [2.45, 2.75) is 6.18 Å². The molecule has 126 valence electrons. The molecule has 0 saturated carbocycles. The molecule has 0 unspecified atom stereocenters. The van der Waals surface area contributed by atoms with Gasteiger partial charge < -0.3 is 0 Å². The Morgan fingerprint density at radius 2 is 1.72 bits per heavy atom. The third-order valence-corrected chi connectivity index (χ3v) is 4.40. The van der Waals surface area contributed by atoms with Crippen LogP contribution in [0.2, 0.25) is 0 Å². The lowest BCUT2D eigenvalue weighted by molar-refractivity contribution is -0.137. The monoisotopic (exact) mass is 360 g/mol. The fourth-order valence-electron chi connectivity index (χ4n) is 2.05. The summed E-state index contributed by atoms with van der Waals surface area (Å²) in [5.41, 5.74) is 0.662. The Morgan fingerprint density at radius 1 is 1.04 bits per heavy atom. The summed E-state index contributed by atoms with van der Waals surface area (Å²) in [4.78, 5) is 20.6. The molecule has 0 atom stereocenters. The maximum Gasteiger partial charge on any atom is 0.416 e. The normalized spacial score (nSPS) is 11.8. The van der Waals surface area contributed by atoms with Crippen LogP contribution in [0.15, 0.2) is 61.1 Å². The van der Waals surface area contributed by atoms with Crippen LogP contribution in [0.4, 0.5) is 13.2 Å². The average molecular weight is 360 g/mol. The minimum absolute atomic E-state index is 0.215. The van der Waals surface area contributed by atoms with E-state index in [-0.39, 0.29) is 5.78 Å². The Balaban J connectivity index is 1.76. The number of nitrogens with zero attached hydrogens (tertiary/aromatic N) is 2. The Hall–Kier alpha value is -2.80. The summed E-state index contributed by atoms with van der Waals surface area (Å²) in [5, 5.41) is 0.495. The molecular weight excluding hydrogens is 349 g/mol. The average Bonchev–Trinajstić information content (AvgIpc) is 3.10. The fraction of sp³-hybridized carbons (Fsp3) is 0.0556. The third kappa shape index (κ3) is 4.19. The van der Waals surface area contributed by atoms with Gasteiger partial charge in [0.2, 0.25) is 0 Å². The van der Waals surface area contributed by atoms with Gasteiger partial charge in [0.1, 0.15) is 5.01 Å². The van der Waals surface area contributed by atoms with Crippen molar-refractivity contribution in [3.63, 3.8) is 0 Å². The van der Waals surface area contributed by atoms with Crippen LogP contribution in [0.5, 0.6) is 0 Å². The largest absolute Gasteiger partial charge is 0.416 e. The summed E-state index contributed by atoms with van der Waals surface area (Å²) in [6.07, 6.45) is 3.40. The van der Waals surface area contributed by atoms with Crippen molar-refractivity contribution in [2.24, 2.45) is 0 Å². The quantitative estimate of drug-likeness (QED) is 0.479. The van der Waals surface area contributed by atoms with Crippen LogP contribution < -0.4 is 0 Å². The number of hydrogen-bond acceptors (Lipinski definition) is 4. The number of ketones is 1. The number of thiazole rings is 1. The summed E-state index contributed by atoms with van der Waals surface area (Å²) in [6, 6.07) is 8.24. The first-order valence-electron chi connectivity index (χ1n) is 7.19. The number of pyridine rings is 1. The molecule has 3 aromatic rings. The van der Waals surface area contributed by atoms with Crippen LogP contribution in [-0.4, -0.2) is 15.8 Å². The molecule has 0 spiro atoms. The second kappa shape index (κ2) is 6.98. The molecule has 2 aromatic heterocycles. The van der Waals surface area contributed by atoms with Gasteiger partial charge in [-0.3, -0.25) is 9.78 Å². The smallest absolute Gasteiger partial charge is 0.288 e. The van der Waals surface area contributed by atoms with Crippen LogP contribution in [0, 0.1) is 0 Å². The zero-order valence-electron chi connectivity index (χ0n) is 12.7. The molecule has 0 bridgehead atoms. The number of aromatic nitrogens is 2. The van der Waals surface area contributed by atoms with Gasteiger partial charge in [0.15, 0.2) is 5.78 Å². The summed E-state index contributed by atoms with van der Waals surface area (Å²) in [5.74, 6) is -0.215. The molecule has 0 fully saturated rings. The number of alkyl halides is 3. The van der Waals surface area contributed by atoms with Gasteiger partial charge in [-0.1, -0.05) is 18.2 Å². The zero-order chi connectivity index (χ0) is 17.9. The third-order valence-electron chi connectivity index (χ3n) is 3.34. The highest BCUT2D eigenvalue weighted by Gasteiger charge is 2.30. The van der Waals surface area contributed by atoms with E-state index in [0.717, 1.165) is 29.0 Å². The van der Waals surface area contributed by atoms with Crippen molar-refractivity contribution in [3.05, 3.63) is 77.1 Å². The van der Waals surface area contributed by atoms with E-state index in [0.29, 0.717) is 15.4 Å². The van der Waals surface area contributed by atoms with Crippen LogP contribution in [0.3, 0.4) is 0 Å². The maximum absolute atomic E-state index is 12.6. The van der Waals surface area contributed by atoms with E-state index in [1.165, 1.54) is 24.4 Å². The summed E-state index contributed by atoms with van der Waals surface area (Å²) < 4.78 is 37.8. The first kappa shape index (κ1) is 17.0. The van der Waals surface area contributed by atoms with Gasteiger partial charge in [0, 0.05) is 24.2 Å². The number of benzene rings is 1. The second-order valence-corrected chi connectivity index (χ2v) is 6.11. The Kier molecular flexibility index (Phi) is 4.76. The molecule has 3 nitrogen and oxygen atoms in total. The molecule has 0 amide bonds. The molecule has 0 aliphatic rings. The molecule has 0 N–H and O–H groups in total. The van der Waals surface area contributed by atoms with Gasteiger partial charge in [-0.2, -0.15) is 13.2 Å². The van der Waals surface area contributed by atoms with Gasteiger partial charge in [-0.05, 0) is 35.9 Å². The molecular formula is C18H11F3N2OS. The molecule has 1 aromatic carbocycles. The number of halogens is 3. The van der Waals surface area contributed by atoms with Crippen LogP contribution in [-0.2, 0) is 6.18 Å². The summed E-state index contributed by atoms with van der Waals surface area (Å²) in [7, 11) is 0. The van der Waals surface area contributed by atoms with Crippen molar-refractivity contribution in [2.75, 3.05) is 0 Å². The second-order valence-electron chi connectivity index (χ2n) is 5.08. The van der Waals surface area contributed by atoms with Gasteiger partial charge in [-0.15, -0.1) is 11.3 Å². The number of rotatable bonds is 4. The lowest BCUT2D eigenvalue weighted by Crippen LogP contribution is -2.03. The Morgan fingerprint density at radius 3 is 2.36 bits per heavy atom. The minimum atomic E-state index is -4.37. The predicted molar refractivity (Wildman–Crippen MR) is 90.2 cm³/mol.